The van der Waals surface area contributed by atoms with Gasteiger partial charge in [0.1, 0.15) is 21.6 Å². The molecule has 26 heavy (non-hydrogen) atoms. The SMILES string of the molecule is COc1ccccc1N(N)/C(C)=C(\N)S(=O)c1ccc(C(C)(C)C)cc1. The molecular weight excluding hydrogens is 346 g/mol. The fourth-order valence-corrected chi connectivity index (χ4v) is 3.47. The van der Waals surface area contributed by atoms with Crippen molar-refractivity contribution in [1.82, 2.24) is 0 Å². The standard InChI is InChI=1S/C20H27N3O2S/c1-14(23(22)17-8-6-7-9-18(17)25-5)19(21)26(24)16-12-10-15(11-13-16)20(2,3)4/h6-13H,21-22H2,1-5H3/b19-14+. The van der Waals surface area contributed by atoms with Gasteiger partial charge >= 0.3 is 0 Å². The monoisotopic (exact) mass is 373 g/mol. The van der Waals surface area contributed by atoms with Crippen LogP contribution in [-0.2, 0) is 16.2 Å². The number of hydrazine groups is 1. The van der Waals surface area contributed by atoms with Gasteiger partial charge in [-0.15, -0.1) is 0 Å². The minimum Gasteiger partial charge on any atom is -0.495 e. The zero-order valence-corrected chi connectivity index (χ0v) is 16.8. The third kappa shape index (κ3) is 4.26. The summed E-state index contributed by atoms with van der Waals surface area (Å²) in [5.41, 5.74) is 8.53. The molecule has 0 saturated carbocycles. The van der Waals surface area contributed by atoms with Gasteiger partial charge in [0, 0.05) is 4.90 Å². The van der Waals surface area contributed by atoms with Crippen LogP contribution in [0.3, 0.4) is 0 Å². The number of nitrogens with zero attached hydrogens (tertiary/aromatic N) is 1. The molecule has 1 unspecified atom stereocenters. The first-order valence-electron chi connectivity index (χ1n) is 8.33. The maximum absolute atomic E-state index is 12.9. The molecular formula is C20H27N3O2S. The van der Waals surface area contributed by atoms with Crippen molar-refractivity contribution in [3.05, 3.63) is 64.8 Å². The topological polar surface area (TPSA) is 81.6 Å². The second kappa shape index (κ2) is 7.93. The maximum atomic E-state index is 12.9. The van der Waals surface area contributed by atoms with Gasteiger partial charge in [-0.25, -0.2) is 10.1 Å². The van der Waals surface area contributed by atoms with E-state index in [0.29, 0.717) is 22.0 Å². The van der Waals surface area contributed by atoms with E-state index < -0.39 is 10.8 Å². The van der Waals surface area contributed by atoms with Gasteiger partial charge in [0.2, 0.25) is 0 Å². The molecule has 2 aromatic carbocycles. The van der Waals surface area contributed by atoms with Crippen LogP contribution < -0.4 is 21.3 Å². The van der Waals surface area contributed by atoms with E-state index in [2.05, 4.69) is 20.8 Å². The Labute approximate surface area is 158 Å². The zero-order valence-electron chi connectivity index (χ0n) is 15.9. The Morgan fingerprint density at radius 2 is 1.65 bits per heavy atom. The zero-order chi connectivity index (χ0) is 19.5. The van der Waals surface area contributed by atoms with Gasteiger partial charge in [-0.3, -0.25) is 5.01 Å². The average molecular weight is 374 g/mol. The van der Waals surface area contributed by atoms with Crippen molar-refractivity contribution in [3.8, 4) is 5.75 Å². The molecule has 4 N–H and O–H groups in total. The van der Waals surface area contributed by atoms with Crippen molar-refractivity contribution in [2.75, 3.05) is 12.1 Å². The molecule has 0 aromatic heterocycles. The largest absolute Gasteiger partial charge is 0.495 e. The molecule has 0 heterocycles. The molecule has 5 nitrogen and oxygen atoms in total. The Balaban J connectivity index is 2.32. The molecule has 0 fully saturated rings. The summed E-state index contributed by atoms with van der Waals surface area (Å²) in [6.07, 6.45) is 0. The highest BCUT2D eigenvalue weighted by molar-refractivity contribution is 7.89. The molecule has 0 aliphatic carbocycles. The summed E-state index contributed by atoms with van der Waals surface area (Å²) in [5, 5.41) is 1.61. The Morgan fingerprint density at radius 3 is 2.19 bits per heavy atom. The molecule has 0 saturated heterocycles. The molecule has 0 bridgehead atoms. The number of methoxy groups -OCH3 is 1. The number of benzene rings is 2. The number of allylic oxidation sites excluding steroid dienone is 1. The van der Waals surface area contributed by atoms with Crippen LogP contribution in [0.1, 0.15) is 33.3 Å². The predicted molar refractivity (Wildman–Crippen MR) is 108 cm³/mol. The van der Waals surface area contributed by atoms with E-state index >= 15 is 0 Å². The minimum atomic E-state index is -1.50. The summed E-state index contributed by atoms with van der Waals surface area (Å²) >= 11 is 0. The van der Waals surface area contributed by atoms with Crippen LogP contribution >= 0.6 is 0 Å². The Kier molecular flexibility index (Phi) is 6.10. The smallest absolute Gasteiger partial charge is 0.143 e. The van der Waals surface area contributed by atoms with Gasteiger partial charge in [0.25, 0.3) is 0 Å². The lowest BCUT2D eigenvalue weighted by Gasteiger charge is -2.23. The van der Waals surface area contributed by atoms with Crippen LogP contribution in [0, 0.1) is 0 Å². The third-order valence-corrected chi connectivity index (χ3v) is 5.59. The Morgan fingerprint density at radius 1 is 1.08 bits per heavy atom. The summed E-state index contributed by atoms with van der Waals surface area (Å²) in [4.78, 5) is 0.642. The average Bonchev–Trinajstić information content (AvgIpc) is 2.65. The highest BCUT2D eigenvalue weighted by Gasteiger charge is 2.18. The summed E-state index contributed by atoms with van der Waals surface area (Å²) < 4.78 is 18.2. The summed E-state index contributed by atoms with van der Waals surface area (Å²) in [5.74, 6) is 6.81. The number of rotatable bonds is 5. The molecule has 0 spiro atoms. The van der Waals surface area contributed by atoms with Crippen LogP contribution in [0.4, 0.5) is 5.69 Å². The lowest BCUT2D eigenvalue weighted by molar-refractivity contribution is 0.415. The van der Waals surface area contributed by atoms with Gasteiger partial charge in [0.15, 0.2) is 0 Å². The van der Waals surface area contributed by atoms with E-state index in [9.17, 15) is 4.21 Å². The lowest BCUT2D eigenvalue weighted by atomic mass is 9.87. The van der Waals surface area contributed by atoms with E-state index in [-0.39, 0.29) is 10.4 Å². The first-order chi connectivity index (χ1) is 12.2. The van der Waals surface area contributed by atoms with Crippen molar-refractivity contribution in [2.24, 2.45) is 11.6 Å². The molecule has 6 heteroatoms. The van der Waals surface area contributed by atoms with Gasteiger partial charge in [-0.2, -0.15) is 0 Å². The highest BCUT2D eigenvalue weighted by atomic mass is 32.2. The predicted octanol–water partition coefficient (Wildman–Crippen LogP) is 3.63. The molecule has 2 rings (SSSR count). The van der Waals surface area contributed by atoms with Gasteiger partial charge in [-0.05, 0) is 42.2 Å². The van der Waals surface area contributed by atoms with Crippen molar-refractivity contribution < 1.29 is 8.95 Å². The normalized spacial score (nSPS) is 13.8. The van der Waals surface area contributed by atoms with E-state index in [1.807, 2.05) is 42.5 Å². The van der Waals surface area contributed by atoms with E-state index in [4.69, 9.17) is 16.3 Å². The van der Waals surface area contributed by atoms with Crippen molar-refractivity contribution in [2.45, 2.75) is 38.0 Å². The summed E-state index contributed by atoms with van der Waals surface area (Å²) in [6.45, 7) is 8.15. The number of hydrogen-bond donors (Lipinski definition) is 2. The Hall–Kier alpha value is -2.31. The molecule has 0 radical (unpaired) electrons. The third-order valence-electron chi connectivity index (χ3n) is 4.20. The summed E-state index contributed by atoms with van der Waals surface area (Å²) in [6, 6.07) is 15.0. The van der Waals surface area contributed by atoms with Crippen molar-refractivity contribution >= 4 is 16.5 Å². The molecule has 0 amide bonds. The van der Waals surface area contributed by atoms with Gasteiger partial charge in [0.05, 0.1) is 18.5 Å². The first kappa shape index (κ1) is 20.0. The fraction of sp³-hybridized carbons (Fsp3) is 0.300. The molecule has 140 valence electrons. The van der Waals surface area contributed by atoms with E-state index in [1.54, 1.807) is 20.1 Å². The van der Waals surface area contributed by atoms with Crippen molar-refractivity contribution in [3.63, 3.8) is 0 Å². The second-order valence-corrected chi connectivity index (χ2v) is 8.48. The van der Waals surface area contributed by atoms with Crippen molar-refractivity contribution in [1.29, 1.82) is 0 Å². The van der Waals surface area contributed by atoms with Crippen LogP contribution in [0.2, 0.25) is 0 Å². The molecule has 0 aliphatic heterocycles. The van der Waals surface area contributed by atoms with E-state index in [1.165, 1.54) is 10.6 Å². The Bertz CT molecular complexity index is 824. The highest BCUT2D eigenvalue weighted by Crippen LogP contribution is 2.29. The quantitative estimate of drug-likeness (QED) is 0.618. The molecule has 1 atom stereocenters. The second-order valence-electron chi connectivity index (χ2n) is 7.03. The fourth-order valence-electron chi connectivity index (χ4n) is 2.47. The molecule has 2 aromatic rings. The minimum absolute atomic E-state index is 0.0369. The van der Waals surface area contributed by atoms with Gasteiger partial charge < -0.3 is 10.5 Å². The van der Waals surface area contributed by atoms with Crippen LogP contribution in [0.25, 0.3) is 0 Å². The first-order valence-corrected chi connectivity index (χ1v) is 9.48. The van der Waals surface area contributed by atoms with Crippen LogP contribution in [0.15, 0.2) is 64.2 Å². The lowest BCUT2D eigenvalue weighted by Crippen LogP contribution is -2.32. The number of anilines is 1. The van der Waals surface area contributed by atoms with Crippen LogP contribution in [0.5, 0.6) is 5.75 Å². The number of hydrogen-bond acceptors (Lipinski definition) is 5. The number of para-hydroxylation sites is 2. The van der Waals surface area contributed by atoms with E-state index in [0.717, 1.165) is 0 Å². The van der Waals surface area contributed by atoms with Gasteiger partial charge in [-0.1, -0.05) is 45.0 Å². The van der Waals surface area contributed by atoms with Crippen LogP contribution in [-0.4, -0.2) is 11.3 Å². The summed E-state index contributed by atoms with van der Waals surface area (Å²) in [7, 11) is 0.0721. The number of nitrogens with two attached hydrogens (primary N) is 2. The number of ether oxygens (including phenoxy) is 1. The maximum Gasteiger partial charge on any atom is 0.143 e. The molecule has 0 aliphatic rings.